The van der Waals surface area contributed by atoms with Gasteiger partial charge >= 0.3 is 0 Å². The summed E-state index contributed by atoms with van der Waals surface area (Å²) < 4.78 is 5.63. The Labute approximate surface area is 94.8 Å². The quantitative estimate of drug-likeness (QED) is 0.685. The first-order valence-electron chi connectivity index (χ1n) is 6.53. The smallest absolute Gasteiger partial charge is 0.0489 e. The van der Waals surface area contributed by atoms with Gasteiger partial charge in [0, 0.05) is 19.3 Å². The number of nitrogens with one attached hydrogen (secondary N) is 1. The molecule has 0 aromatic carbocycles. The van der Waals surface area contributed by atoms with Gasteiger partial charge < -0.3 is 10.1 Å². The molecule has 1 heterocycles. The average molecular weight is 213 g/mol. The van der Waals surface area contributed by atoms with E-state index in [0.717, 1.165) is 19.1 Å². The highest BCUT2D eigenvalue weighted by atomic mass is 16.5. The largest absolute Gasteiger partial charge is 0.381 e. The van der Waals surface area contributed by atoms with E-state index in [1.807, 2.05) is 0 Å². The van der Waals surface area contributed by atoms with E-state index in [2.05, 4.69) is 26.1 Å². The lowest BCUT2D eigenvalue weighted by molar-refractivity contribution is 0.0959. The maximum absolute atomic E-state index is 5.63. The molecule has 2 nitrogen and oxygen atoms in total. The minimum Gasteiger partial charge on any atom is -0.381 e. The summed E-state index contributed by atoms with van der Waals surface area (Å²) >= 11 is 0. The second kappa shape index (κ2) is 7.24. The van der Waals surface area contributed by atoms with Gasteiger partial charge in [-0.25, -0.2) is 0 Å². The third kappa shape index (κ3) is 5.53. The molecule has 15 heavy (non-hydrogen) atoms. The molecule has 1 aliphatic heterocycles. The van der Waals surface area contributed by atoms with Crippen molar-refractivity contribution in [1.29, 1.82) is 0 Å². The fourth-order valence-electron chi connectivity index (χ4n) is 2.23. The van der Waals surface area contributed by atoms with Gasteiger partial charge in [-0.15, -0.1) is 0 Å². The Morgan fingerprint density at radius 3 is 2.87 bits per heavy atom. The van der Waals surface area contributed by atoms with Crippen LogP contribution in [0.4, 0.5) is 0 Å². The van der Waals surface area contributed by atoms with Crippen molar-refractivity contribution in [3.05, 3.63) is 0 Å². The zero-order valence-electron chi connectivity index (χ0n) is 10.6. The van der Waals surface area contributed by atoms with Gasteiger partial charge in [0.25, 0.3) is 0 Å². The molecule has 1 N–H and O–H groups in total. The summed E-state index contributed by atoms with van der Waals surface area (Å²) in [5.41, 5.74) is 0. The third-order valence-electron chi connectivity index (χ3n) is 3.24. The van der Waals surface area contributed by atoms with Crippen LogP contribution in [0.15, 0.2) is 0 Å². The predicted molar refractivity (Wildman–Crippen MR) is 65.1 cm³/mol. The number of hydrogen-bond donors (Lipinski definition) is 1. The van der Waals surface area contributed by atoms with Gasteiger partial charge in [0.2, 0.25) is 0 Å². The lowest BCUT2D eigenvalue weighted by atomic mass is 9.89. The highest BCUT2D eigenvalue weighted by Crippen LogP contribution is 2.20. The minimum atomic E-state index is 0.660. The molecule has 2 unspecified atom stereocenters. The summed E-state index contributed by atoms with van der Waals surface area (Å²) in [6, 6.07) is 0.705. The Balaban J connectivity index is 2.05. The molecule has 1 saturated heterocycles. The molecule has 2 heteroatoms. The van der Waals surface area contributed by atoms with Crippen LogP contribution >= 0.6 is 0 Å². The van der Waals surface area contributed by atoms with Crippen LogP contribution in [0.5, 0.6) is 0 Å². The van der Waals surface area contributed by atoms with Crippen LogP contribution in [0.25, 0.3) is 0 Å². The lowest BCUT2D eigenvalue weighted by Gasteiger charge is -2.29. The first-order chi connectivity index (χ1) is 7.22. The molecule has 0 aliphatic carbocycles. The minimum absolute atomic E-state index is 0.660. The Morgan fingerprint density at radius 1 is 1.40 bits per heavy atom. The van der Waals surface area contributed by atoms with Crippen LogP contribution in [0.2, 0.25) is 0 Å². The Kier molecular flexibility index (Phi) is 6.26. The van der Waals surface area contributed by atoms with Gasteiger partial charge in [0.15, 0.2) is 0 Å². The monoisotopic (exact) mass is 213 g/mol. The number of piperidine rings is 1. The van der Waals surface area contributed by atoms with Gasteiger partial charge in [0.1, 0.15) is 0 Å². The molecule has 1 aliphatic rings. The fourth-order valence-corrected chi connectivity index (χ4v) is 2.23. The Hall–Kier alpha value is -0.0800. The van der Waals surface area contributed by atoms with E-state index in [1.54, 1.807) is 0 Å². The van der Waals surface area contributed by atoms with Crippen molar-refractivity contribution in [3.8, 4) is 0 Å². The van der Waals surface area contributed by atoms with Crippen molar-refractivity contribution in [3.63, 3.8) is 0 Å². The summed E-state index contributed by atoms with van der Waals surface area (Å²) in [6.07, 6.45) is 5.23. The Morgan fingerprint density at radius 2 is 2.20 bits per heavy atom. The molecule has 1 rings (SSSR count). The van der Waals surface area contributed by atoms with Crippen LogP contribution in [0.3, 0.4) is 0 Å². The number of hydrogen-bond acceptors (Lipinski definition) is 2. The van der Waals surface area contributed by atoms with E-state index in [9.17, 15) is 0 Å². The van der Waals surface area contributed by atoms with E-state index in [1.165, 1.54) is 32.2 Å². The van der Waals surface area contributed by atoms with Crippen molar-refractivity contribution >= 4 is 0 Å². The first kappa shape index (κ1) is 13.0. The molecule has 2 atom stereocenters. The fraction of sp³-hybridized carbons (Fsp3) is 1.00. The van der Waals surface area contributed by atoms with E-state index in [-0.39, 0.29) is 0 Å². The van der Waals surface area contributed by atoms with E-state index in [0.29, 0.717) is 12.0 Å². The Bertz CT molecular complexity index is 159. The van der Waals surface area contributed by atoms with Crippen molar-refractivity contribution in [1.82, 2.24) is 5.32 Å². The van der Waals surface area contributed by atoms with Crippen LogP contribution in [0, 0.1) is 11.8 Å². The molecule has 1 fully saturated rings. The zero-order valence-corrected chi connectivity index (χ0v) is 10.6. The molecule has 0 bridgehead atoms. The van der Waals surface area contributed by atoms with E-state index >= 15 is 0 Å². The highest BCUT2D eigenvalue weighted by Gasteiger charge is 2.19. The van der Waals surface area contributed by atoms with Gasteiger partial charge in [-0.1, -0.05) is 27.2 Å². The van der Waals surface area contributed by atoms with Crippen molar-refractivity contribution < 1.29 is 4.74 Å². The standard InChI is InChI=1S/C13H27NO/c1-4-12-5-7-14-13(9-12)6-8-15-10-11(2)3/h11-14H,4-10H2,1-3H3. The van der Waals surface area contributed by atoms with Crippen molar-refractivity contribution in [2.24, 2.45) is 11.8 Å². The van der Waals surface area contributed by atoms with Gasteiger partial charge in [-0.05, 0) is 37.6 Å². The second-order valence-corrected chi connectivity index (χ2v) is 5.21. The lowest BCUT2D eigenvalue weighted by Crippen LogP contribution is -2.38. The predicted octanol–water partition coefficient (Wildman–Crippen LogP) is 2.83. The molecule has 0 amide bonds. The maximum atomic E-state index is 5.63. The molecule has 0 radical (unpaired) electrons. The summed E-state index contributed by atoms with van der Waals surface area (Å²) in [4.78, 5) is 0. The van der Waals surface area contributed by atoms with Gasteiger partial charge in [0.05, 0.1) is 0 Å². The molecule has 0 aromatic rings. The third-order valence-corrected chi connectivity index (χ3v) is 3.24. The van der Waals surface area contributed by atoms with Crippen molar-refractivity contribution in [2.45, 2.75) is 52.5 Å². The molecule has 90 valence electrons. The summed E-state index contributed by atoms with van der Waals surface area (Å²) in [5, 5.41) is 3.59. The summed E-state index contributed by atoms with van der Waals surface area (Å²) in [5.74, 6) is 1.61. The number of ether oxygens (including phenoxy) is 1. The van der Waals surface area contributed by atoms with Gasteiger partial charge in [-0.2, -0.15) is 0 Å². The van der Waals surface area contributed by atoms with E-state index < -0.39 is 0 Å². The first-order valence-corrected chi connectivity index (χ1v) is 6.53. The van der Waals surface area contributed by atoms with Crippen LogP contribution in [0.1, 0.15) is 46.5 Å². The van der Waals surface area contributed by atoms with Crippen LogP contribution in [-0.4, -0.2) is 25.8 Å². The second-order valence-electron chi connectivity index (χ2n) is 5.21. The van der Waals surface area contributed by atoms with Crippen molar-refractivity contribution in [2.75, 3.05) is 19.8 Å². The van der Waals surface area contributed by atoms with E-state index in [4.69, 9.17) is 4.74 Å². The van der Waals surface area contributed by atoms with Crippen LogP contribution < -0.4 is 5.32 Å². The molecular weight excluding hydrogens is 186 g/mol. The normalized spacial score (nSPS) is 27.2. The molecular formula is C13H27NO. The highest BCUT2D eigenvalue weighted by molar-refractivity contribution is 4.77. The zero-order chi connectivity index (χ0) is 11.1. The topological polar surface area (TPSA) is 21.3 Å². The SMILES string of the molecule is CCC1CCNC(CCOCC(C)C)C1. The number of rotatable bonds is 6. The molecule has 0 saturated carbocycles. The van der Waals surface area contributed by atoms with Crippen LogP contribution in [-0.2, 0) is 4.74 Å². The molecule has 0 spiro atoms. The summed E-state index contributed by atoms with van der Waals surface area (Å²) in [6.45, 7) is 9.74. The molecule has 0 aromatic heterocycles. The maximum Gasteiger partial charge on any atom is 0.0489 e. The van der Waals surface area contributed by atoms with Gasteiger partial charge in [-0.3, -0.25) is 0 Å². The average Bonchev–Trinajstić information content (AvgIpc) is 2.24. The summed E-state index contributed by atoms with van der Waals surface area (Å²) in [7, 11) is 0.